The molecule has 0 radical (unpaired) electrons. The van der Waals surface area contributed by atoms with Gasteiger partial charge in [0.05, 0.1) is 11.4 Å². The van der Waals surface area contributed by atoms with Crippen molar-refractivity contribution in [3.63, 3.8) is 0 Å². The first-order valence-corrected chi connectivity index (χ1v) is 8.85. The summed E-state index contributed by atoms with van der Waals surface area (Å²) >= 11 is 0. The molecule has 0 N–H and O–H groups in total. The summed E-state index contributed by atoms with van der Waals surface area (Å²) in [5.41, 5.74) is 5.31. The van der Waals surface area contributed by atoms with Crippen LogP contribution in [0.2, 0.25) is 0 Å². The van der Waals surface area contributed by atoms with Crippen LogP contribution in [0.5, 0.6) is 0 Å². The molecule has 0 bridgehead atoms. The van der Waals surface area contributed by atoms with Gasteiger partial charge in [0, 0.05) is 12.1 Å². The molecule has 1 aromatic heterocycles. The van der Waals surface area contributed by atoms with Crippen molar-refractivity contribution in [1.29, 1.82) is 0 Å². The highest BCUT2D eigenvalue weighted by molar-refractivity contribution is 5.79. The second-order valence-electron chi connectivity index (χ2n) is 6.43. The minimum absolute atomic E-state index is 0.776. The maximum Gasteiger partial charge on any atom is 0.142 e. The topological polar surface area (TPSA) is 33.2 Å². The molecule has 3 heteroatoms. The zero-order chi connectivity index (χ0) is 17.5. The predicted molar refractivity (Wildman–Crippen MR) is 103 cm³/mol. The number of allylic oxidation sites excluding steroid dienone is 1. The summed E-state index contributed by atoms with van der Waals surface area (Å²) in [4.78, 5) is 17.8. The van der Waals surface area contributed by atoms with Crippen molar-refractivity contribution in [2.24, 2.45) is 0 Å². The number of hydrogen-bond donors (Lipinski definition) is 0. The van der Waals surface area contributed by atoms with Gasteiger partial charge in [0.1, 0.15) is 6.29 Å². The molecule has 1 aliphatic rings. The van der Waals surface area contributed by atoms with Crippen LogP contribution in [0.25, 0.3) is 11.6 Å². The van der Waals surface area contributed by atoms with E-state index in [-0.39, 0.29) is 0 Å². The summed E-state index contributed by atoms with van der Waals surface area (Å²) in [6, 6.07) is 14.5. The molecule has 0 spiro atoms. The number of nitrogens with zero attached hydrogens (tertiary/aromatic N) is 2. The highest BCUT2D eigenvalue weighted by Crippen LogP contribution is 2.23. The van der Waals surface area contributed by atoms with Crippen molar-refractivity contribution in [3.05, 3.63) is 77.1 Å². The van der Waals surface area contributed by atoms with E-state index in [4.69, 9.17) is 4.98 Å². The third kappa shape index (κ3) is 4.74. The van der Waals surface area contributed by atoms with E-state index in [0.29, 0.717) is 0 Å². The number of pyridine rings is 1. The van der Waals surface area contributed by atoms with Crippen molar-refractivity contribution in [1.82, 2.24) is 9.88 Å². The van der Waals surface area contributed by atoms with Crippen molar-refractivity contribution in [2.75, 3.05) is 19.6 Å². The molecule has 0 amide bonds. The molecule has 1 aliphatic heterocycles. The maximum atomic E-state index is 10.6. The lowest BCUT2D eigenvalue weighted by Crippen LogP contribution is -2.19. The van der Waals surface area contributed by atoms with Gasteiger partial charge in [-0.3, -0.25) is 9.69 Å². The minimum atomic E-state index is 0.776. The number of hydrogen-bond acceptors (Lipinski definition) is 3. The van der Waals surface area contributed by atoms with Gasteiger partial charge in [-0.05, 0) is 62.7 Å². The molecular formula is C22H24N2O. The number of aromatic nitrogens is 1. The fourth-order valence-electron chi connectivity index (χ4n) is 3.12. The molecule has 128 valence electrons. The summed E-state index contributed by atoms with van der Waals surface area (Å²) in [5.74, 6) is 0. The van der Waals surface area contributed by atoms with Crippen LogP contribution < -0.4 is 0 Å². The SMILES string of the molecule is Cc1ccc(C(=CCN2CCCC2)c2cccc(C=CC=O)n2)cc1. The summed E-state index contributed by atoms with van der Waals surface area (Å²) in [5, 5.41) is 0. The molecular weight excluding hydrogens is 308 g/mol. The average Bonchev–Trinajstić information content (AvgIpc) is 3.15. The number of carbonyl (C=O) groups is 1. The number of carbonyl (C=O) groups excluding carboxylic acids is 1. The smallest absolute Gasteiger partial charge is 0.142 e. The van der Waals surface area contributed by atoms with E-state index < -0.39 is 0 Å². The molecule has 1 fully saturated rings. The van der Waals surface area contributed by atoms with Gasteiger partial charge in [-0.1, -0.05) is 42.0 Å². The molecule has 1 aromatic carbocycles. The Labute approximate surface area is 149 Å². The zero-order valence-corrected chi connectivity index (χ0v) is 14.7. The van der Waals surface area contributed by atoms with Gasteiger partial charge in [0.25, 0.3) is 0 Å². The quantitative estimate of drug-likeness (QED) is 0.589. The summed E-state index contributed by atoms with van der Waals surface area (Å²) < 4.78 is 0. The first-order valence-electron chi connectivity index (χ1n) is 8.85. The van der Waals surface area contributed by atoms with E-state index in [1.165, 1.54) is 43.1 Å². The Kier molecular flexibility index (Phi) is 5.91. The average molecular weight is 332 g/mol. The van der Waals surface area contributed by atoms with Crippen molar-refractivity contribution in [2.45, 2.75) is 19.8 Å². The van der Waals surface area contributed by atoms with Crippen LogP contribution in [0.3, 0.4) is 0 Å². The Morgan fingerprint density at radius 2 is 1.88 bits per heavy atom. The number of benzene rings is 1. The molecule has 0 aliphatic carbocycles. The lowest BCUT2D eigenvalue weighted by Gasteiger charge is -2.14. The lowest BCUT2D eigenvalue weighted by molar-refractivity contribution is -0.104. The van der Waals surface area contributed by atoms with Crippen molar-refractivity contribution >= 4 is 17.9 Å². The molecule has 25 heavy (non-hydrogen) atoms. The fourth-order valence-corrected chi connectivity index (χ4v) is 3.12. The minimum Gasteiger partial charge on any atom is -0.300 e. The normalized spacial score (nSPS) is 15.8. The second kappa shape index (κ2) is 8.54. The van der Waals surface area contributed by atoms with Gasteiger partial charge in [-0.25, -0.2) is 4.98 Å². The highest BCUT2D eigenvalue weighted by atomic mass is 16.1. The Balaban J connectivity index is 1.95. The Morgan fingerprint density at radius 3 is 2.60 bits per heavy atom. The zero-order valence-electron chi connectivity index (χ0n) is 14.7. The van der Waals surface area contributed by atoms with E-state index in [9.17, 15) is 4.79 Å². The highest BCUT2D eigenvalue weighted by Gasteiger charge is 2.12. The van der Waals surface area contributed by atoms with Gasteiger partial charge in [-0.2, -0.15) is 0 Å². The molecule has 2 aromatic rings. The Morgan fingerprint density at radius 1 is 1.12 bits per heavy atom. The summed E-state index contributed by atoms with van der Waals surface area (Å²) in [7, 11) is 0. The molecule has 0 saturated carbocycles. The van der Waals surface area contributed by atoms with Crippen LogP contribution in [0.4, 0.5) is 0 Å². The monoisotopic (exact) mass is 332 g/mol. The molecule has 1 saturated heterocycles. The standard InChI is InChI=1S/C22H24N2O/c1-18-9-11-19(12-10-18)21(13-16-24-14-2-3-15-24)22-8-4-6-20(23-22)7-5-17-25/h4-13,17H,2-3,14-16H2,1H3. The van der Waals surface area contributed by atoms with Crippen molar-refractivity contribution in [3.8, 4) is 0 Å². The molecule has 2 heterocycles. The van der Waals surface area contributed by atoms with Crippen LogP contribution >= 0.6 is 0 Å². The second-order valence-corrected chi connectivity index (χ2v) is 6.43. The first-order chi connectivity index (χ1) is 12.3. The van der Waals surface area contributed by atoms with Gasteiger partial charge in [0.15, 0.2) is 0 Å². The van der Waals surface area contributed by atoms with Crippen LogP contribution in [0, 0.1) is 6.92 Å². The van der Waals surface area contributed by atoms with E-state index in [0.717, 1.165) is 29.8 Å². The van der Waals surface area contributed by atoms with Crippen LogP contribution in [-0.2, 0) is 4.79 Å². The maximum absolute atomic E-state index is 10.6. The lowest BCUT2D eigenvalue weighted by atomic mass is 10.00. The third-order valence-electron chi connectivity index (χ3n) is 4.51. The third-order valence-corrected chi connectivity index (χ3v) is 4.51. The van der Waals surface area contributed by atoms with E-state index >= 15 is 0 Å². The summed E-state index contributed by atoms with van der Waals surface area (Å²) in [6.45, 7) is 5.39. The fraction of sp³-hybridized carbons (Fsp3) is 0.273. The Bertz CT molecular complexity index is 769. The Hall–Kier alpha value is -2.52. The molecule has 3 rings (SSSR count). The number of aryl methyl sites for hydroxylation is 1. The predicted octanol–water partition coefficient (Wildman–Crippen LogP) is 4.13. The molecule has 3 nitrogen and oxygen atoms in total. The van der Waals surface area contributed by atoms with Crippen molar-refractivity contribution < 1.29 is 4.79 Å². The van der Waals surface area contributed by atoms with Gasteiger partial charge in [0.2, 0.25) is 0 Å². The van der Waals surface area contributed by atoms with Crippen LogP contribution in [0.15, 0.2) is 54.6 Å². The number of likely N-dealkylation sites (tertiary alicyclic amines) is 1. The van der Waals surface area contributed by atoms with Crippen LogP contribution in [-0.4, -0.2) is 35.8 Å². The summed E-state index contributed by atoms with van der Waals surface area (Å²) in [6.07, 6.45) is 8.86. The first kappa shape index (κ1) is 17.3. The van der Waals surface area contributed by atoms with E-state index in [2.05, 4.69) is 42.2 Å². The van der Waals surface area contributed by atoms with Gasteiger partial charge < -0.3 is 0 Å². The number of aldehydes is 1. The number of rotatable bonds is 6. The van der Waals surface area contributed by atoms with Gasteiger partial charge >= 0.3 is 0 Å². The molecule has 0 unspecified atom stereocenters. The van der Waals surface area contributed by atoms with E-state index in [1.807, 2.05) is 18.2 Å². The van der Waals surface area contributed by atoms with E-state index in [1.54, 1.807) is 6.08 Å². The van der Waals surface area contributed by atoms with Crippen LogP contribution in [0.1, 0.15) is 35.4 Å². The molecule has 0 atom stereocenters. The largest absolute Gasteiger partial charge is 0.300 e. The van der Waals surface area contributed by atoms with Gasteiger partial charge in [-0.15, -0.1) is 0 Å².